The van der Waals surface area contributed by atoms with Crippen LogP contribution in [0.3, 0.4) is 0 Å². The van der Waals surface area contributed by atoms with Gasteiger partial charge in [-0.2, -0.15) is 0 Å². The molecule has 10 heteroatoms. The van der Waals surface area contributed by atoms with Gasteiger partial charge in [-0.3, -0.25) is 14.6 Å². The zero-order chi connectivity index (χ0) is 21.1. The fourth-order valence-corrected chi connectivity index (χ4v) is 5.17. The molecule has 5 nitrogen and oxygen atoms in total. The summed E-state index contributed by atoms with van der Waals surface area (Å²) in [6.07, 6.45) is 0.806. The lowest BCUT2D eigenvalue weighted by Gasteiger charge is -2.27. The summed E-state index contributed by atoms with van der Waals surface area (Å²) in [4.78, 5) is 22.1. The molecule has 0 N–H and O–H groups in total. The number of ether oxygens (including phenoxy) is 1. The molecule has 0 radical (unpaired) electrons. The number of hydrogen-bond acceptors (Lipinski definition) is 5. The van der Waals surface area contributed by atoms with Crippen molar-refractivity contribution in [1.82, 2.24) is 9.88 Å². The molecule has 0 bridgehead atoms. The summed E-state index contributed by atoms with van der Waals surface area (Å²) >= 11 is 20.1. The van der Waals surface area contributed by atoms with E-state index in [2.05, 4.69) is 9.88 Å². The third kappa shape index (κ3) is 5.82. The number of anilines is 1. The van der Waals surface area contributed by atoms with Gasteiger partial charge in [0.1, 0.15) is 5.52 Å². The number of carbonyl (C=O) groups is 1. The van der Waals surface area contributed by atoms with Crippen LogP contribution in [0, 0.1) is 0 Å². The summed E-state index contributed by atoms with van der Waals surface area (Å²) in [5.41, 5.74) is 1.10. The Bertz CT molecular complexity index is 1060. The molecule has 4 rings (SSSR count). The van der Waals surface area contributed by atoms with E-state index in [1.165, 1.54) is 11.3 Å². The van der Waals surface area contributed by atoms with E-state index in [0.717, 1.165) is 44.0 Å². The number of morpholine rings is 1. The summed E-state index contributed by atoms with van der Waals surface area (Å²) in [5, 5.41) is 1.99. The Morgan fingerprint density at radius 2 is 1.90 bits per heavy atom. The van der Waals surface area contributed by atoms with E-state index in [4.69, 9.17) is 39.5 Å². The molecule has 1 aliphatic heterocycles. The molecular weight excluding hydrogens is 500 g/mol. The van der Waals surface area contributed by atoms with Crippen LogP contribution >= 0.6 is 58.5 Å². The SMILES string of the molecule is Cl.O=C(c1ccc(Cl)cc1Cl)N(CCCN1CCOCC1)c1nc2c(Cl)cccc2s1. The molecule has 1 saturated heterocycles. The largest absolute Gasteiger partial charge is 0.379 e. The molecule has 1 aromatic heterocycles. The minimum absolute atomic E-state index is 0. The molecule has 31 heavy (non-hydrogen) atoms. The molecule has 0 atom stereocenters. The van der Waals surface area contributed by atoms with E-state index in [1.54, 1.807) is 29.2 Å². The third-order valence-corrected chi connectivity index (χ3v) is 6.85. The van der Waals surface area contributed by atoms with Crippen LogP contribution in [0.2, 0.25) is 15.1 Å². The number of halogens is 4. The van der Waals surface area contributed by atoms with Crippen LogP contribution in [-0.4, -0.2) is 55.2 Å². The van der Waals surface area contributed by atoms with Crippen molar-refractivity contribution in [2.24, 2.45) is 0 Å². The lowest BCUT2D eigenvalue weighted by molar-refractivity contribution is 0.0376. The number of thiazole rings is 1. The maximum atomic E-state index is 13.4. The van der Waals surface area contributed by atoms with E-state index in [0.29, 0.717) is 37.8 Å². The molecule has 0 unspecified atom stereocenters. The van der Waals surface area contributed by atoms with Gasteiger partial charge in [0.25, 0.3) is 5.91 Å². The van der Waals surface area contributed by atoms with Gasteiger partial charge in [0.15, 0.2) is 5.13 Å². The fraction of sp³-hybridized carbons (Fsp3) is 0.333. The number of carbonyl (C=O) groups excluding carboxylic acids is 1. The summed E-state index contributed by atoms with van der Waals surface area (Å²) in [6.45, 7) is 4.72. The zero-order valence-corrected chi connectivity index (χ0v) is 20.4. The number of hydrogen-bond donors (Lipinski definition) is 0. The van der Waals surface area contributed by atoms with Crippen molar-refractivity contribution >= 4 is 79.8 Å². The summed E-state index contributed by atoms with van der Waals surface area (Å²) in [7, 11) is 0. The van der Waals surface area contributed by atoms with Gasteiger partial charge in [0.2, 0.25) is 0 Å². The van der Waals surface area contributed by atoms with E-state index < -0.39 is 0 Å². The van der Waals surface area contributed by atoms with Crippen LogP contribution in [0.4, 0.5) is 5.13 Å². The van der Waals surface area contributed by atoms with Crippen LogP contribution in [0.15, 0.2) is 36.4 Å². The molecular formula is C21H21Cl4N3O2S. The Kier molecular flexibility index (Phi) is 8.82. The first-order chi connectivity index (χ1) is 14.5. The molecule has 0 saturated carbocycles. The van der Waals surface area contributed by atoms with Gasteiger partial charge >= 0.3 is 0 Å². The standard InChI is InChI=1S/C21H20Cl3N3O2S.ClH/c22-14-5-6-15(17(24)13-14)20(28)27(8-2-7-26-9-11-29-12-10-26)21-25-19-16(23)3-1-4-18(19)30-21;/h1,3-6,13H,2,7-12H2;1H. The van der Waals surface area contributed by atoms with Crippen LogP contribution in [-0.2, 0) is 4.74 Å². The van der Waals surface area contributed by atoms with Gasteiger partial charge in [-0.25, -0.2) is 4.98 Å². The van der Waals surface area contributed by atoms with Crippen molar-refractivity contribution in [3.63, 3.8) is 0 Å². The van der Waals surface area contributed by atoms with Gasteiger partial charge < -0.3 is 4.74 Å². The predicted octanol–water partition coefficient (Wildman–Crippen LogP) is 6.05. The first kappa shape index (κ1) is 24.5. The van der Waals surface area contributed by atoms with Crippen LogP contribution < -0.4 is 4.90 Å². The Morgan fingerprint density at radius 1 is 1.13 bits per heavy atom. The number of rotatable bonds is 6. The van der Waals surface area contributed by atoms with Crippen molar-refractivity contribution in [3.8, 4) is 0 Å². The second-order valence-electron chi connectivity index (χ2n) is 6.97. The fourth-order valence-electron chi connectivity index (χ4n) is 3.39. The number of aromatic nitrogens is 1. The highest BCUT2D eigenvalue weighted by atomic mass is 35.5. The van der Waals surface area contributed by atoms with Crippen molar-refractivity contribution in [2.45, 2.75) is 6.42 Å². The minimum Gasteiger partial charge on any atom is -0.379 e. The smallest absolute Gasteiger partial charge is 0.261 e. The van der Waals surface area contributed by atoms with Crippen molar-refractivity contribution in [1.29, 1.82) is 0 Å². The van der Waals surface area contributed by atoms with Gasteiger partial charge in [-0.05, 0) is 36.8 Å². The van der Waals surface area contributed by atoms with Gasteiger partial charge in [-0.1, -0.05) is 52.2 Å². The van der Waals surface area contributed by atoms with Crippen molar-refractivity contribution in [2.75, 3.05) is 44.3 Å². The Balaban J connectivity index is 0.00000272. The average molecular weight is 521 g/mol. The highest BCUT2D eigenvalue weighted by molar-refractivity contribution is 7.22. The summed E-state index contributed by atoms with van der Waals surface area (Å²) in [5.74, 6) is -0.200. The lowest BCUT2D eigenvalue weighted by atomic mass is 10.2. The number of nitrogens with zero attached hydrogens (tertiary/aromatic N) is 3. The molecule has 2 aromatic carbocycles. The third-order valence-electron chi connectivity index (χ3n) is 4.96. The second-order valence-corrected chi connectivity index (χ2v) is 9.23. The maximum Gasteiger partial charge on any atom is 0.261 e. The Morgan fingerprint density at radius 3 is 2.61 bits per heavy atom. The Labute approximate surface area is 206 Å². The number of para-hydroxylation sites is 1. The van der Waals surface area contributed by atoms with Crippen molar-refractivity contribution in [3.05, 3.63) is 57.0 Å². The topological polar surface area (TPSA) is 45.7 Å². The molecule has 166 valence electrons. The minimum atomic E-state index is -0.200. The molecule has 1 amide bonds. The highest BCUT2D eigenvalue weighted by Gasteiger charge is 2.24. The van der Waals surface area contributed by atoms with Crippen LogP contribution in [0.5, 0.6) is 0 Å². The maximum absolute atomic E-state index is 13.4. The quantitative estimate of drug-likeness (QED) is 0.397. The van der Waals surface area contributed by atoms with E-state index >= 15 is 0 Å². The van der Waals surface area contributed by atoms with Gasteiger partial charge in [-0.15, -0.1) is 12.4 Å². The predicted molar refractivity (Wildman–Crippen MR) is 132 cm³/mol. The molecule has 0 spiro atoms. The zero-order valence-electron chi connectivity index (χ0n) is 16.5. The second kappa shape index (κ2) is 11.1. The van der Waals surface area contributed by atoms with Gasteiger partial charge in [0.05, 0.1) is 33.5 Å². The van der Waals surface area contributed by atoms with Crippen LogP contribution in [0.25, 0.3) is 10.2 Å². The normalized spacial score (nSPS) is 14.4. The summed E-state index contributed by atoms with van der Waals surface area (Å²) in [6, 6.07) is 10.5. The molecule has 1 fully saturated rings. The van der Waals surface area contributed by atoms with Crippen LogP contribution in [0.1, 0.15) is 16.8 Å². The number of amides is 1. The monoisotopic (exact) mass is 519 g/mol. The molecule has 2 heterocycles. The Hall–Kier alpha value is -1.12. The van der Waals surface area contributed by atoms with E-state index in [9.17, 15) is 4.79 Å². The van der Waals surface area contributed by atoms with Crippen molar-refractivity contribution < 1.29 is 9.53 Å². The van der Waals surface area contributed by atoms with Gasteiger partial charge in [0, 0.05) is 31.2 Å². The lowest BCUT2D eigenvalue weighted by Crippen LogP contribution is -2.39. The number of fused-ring (bicyclic) bond motifs is 1. The molecule has 0 aliphatic carbocycles. The highest BCUT2D eigenvalue weighted by Crippen LogP contribution is 2.34. The first-order valence-corrected chi connectivity index (χ1v) is 11.6. The van der Waals surface area contributed by atoms with E-state index in [1.807, 2.05) is 12.1 Å². The van der Waals surface area contributed by atoms with E-state index in [-0.39, 0.29) is 18.3 Å². The molecule has 3 aromatic rings. The molecule has 1 aliphatic rings. The summed E-state index contributed by atoms with van der Waals surface area (Å²) < 4.78 is 6.34. The first-order valence-electron chi connectivity index (χ1n) is 9.65. The number of benzene rings is 2. The average Bonchev–Trinajstić information content (AvgIpc) is 3.17.